The number of nitrogens with zero attached hydrogens (tertiary/aromatic N) is 2. The molecule has 0 amide bonds. The van der Waals surface area contributed by atoms with E-state index in [-0.39, 0.29) is 16.7 Å². The Hall–Kier alpha value is -1.47. The van der Waals surface area contributed by atoms with E-state index in [1.54, 1.807) is 6.07 Å². The van der Waals surface area contributed by atoms with E-state index in [2.05, 4.69) is 0 Å². The number of anilines is 2. The molecule has 17 heavy (non-hydrogen) atoms. The van der Waals surface area contributed by atoms with Gasteiger partial charge < -0.3 is 11.5 Å². The van der Waals surface area contributed by atoms with E-state index in [0.717, 1.165) is 4.90 Å². The minimum Gasteiger partial charge on any atom is -0.398 e. The standard InChI is InChI=1S/C10H16N4O2S/c1-6(13(2)3)17-10-5-7(11)9(14(15)16)4-8(10)12/h4-6H,11-12H2,1-3H3. The van der Waals surface area contributed by atoms with Crippen molar-refractivity contribution >= 4 is 28.8 Å². The average molecular weight is 256 g/mol. The van der Waals surface area contributed by atoms with Gasteiger partial charge in [0.2, 0.25) is 0 Å². The fourth-order valence-electron chi connectivity index (χ4n) is 1.15. The lowest BCUT2D eigenvalue weighted by molar-refractivity contribution is -0.383. The van der Waals surface area contributed by atoms with Crippen molar-refractivity contribution in [3.63, 3.8) is 0 Å². The van der Waals surface area contributed by atoms with Gasteiger partial charge in [0, 0.05) is 11.0 Å². The minimum absolute atomic E-state index is 0.137. The van der Waals surface area contributed by atoms with Gasteiger partial charge in [0.25, 0.3) is 5.69 Å². The molecule has 0 aromatic heterocycles. The van der Waals surface area contributed by atoms with Crippen molar-refractivity contribution in [2.24, 2.45) is 0 Å². The lowest BCUT2D eigenvalue weighted by Crippen LogP contribution is -2.21. The molecule has 0 saturated carbocycles. The SMILES string of the molecule is CC(Sc1cc(N)c([N+](=O)[O-])cc1N)N(C)C. The number of nitrogens with two attached hydrogens (primary N) is 2. The van der Waals surface area contributed by atoms with Crippen molar-refractivity contribution in [2.45, 2.75) is 17.2 Å². The molecule has 0 aliphatic carbocycles. The molecule has 0 radical (unpaired) electrons. The van der Waals surface area contributed by atoms with E-state index in [4.69, 9.17) is 11.5 Å². The molecule has 1 aromatic carbocycles. The Morgan fingerprint density at radius 2 is 1.94 bits per heavy atom. The van der Waals surface area contributed by atoms with Crippen molar-refractivity contribution < 1.29 is 4.92 Å². The second-order valence-corrected chi connectivity index (χ2v) is 5.24. The molecule has 1 atom stereocenters. The molecule has 0 aliphatic heterocycles. The summed E-state index contributed by atoms with van der Waals surface area (Å²) in [5.74, 6) is 0. The van der Waals surface area contributed by atoms with E-state index in [1.165, 1.54) is 17.8 Å². The molecule has 1 aromatic rings. The Labute approximate surface area is 104 Å². The van der Waals surface area contributed by atoms with Crippen LogP contribution in [0.5, 0.6) is 0 Å². The highest BCUT2D eigenvalue weighted by molar-refractivity contribution is 8.00. The monoisotopic (exact) mass is 256 g/mol. The largest absolute Gasteiger partial charge is 0.398 e. The predicted octanol–water partition coefficient (Wildman–Crippen LogP) is 1.76. The number of hydrogen-bond acceptors (Lipinski definition) is 6. The second-order valence-electron chi connectivity index (χ2n) is 3.89. The van der Waals surface area contributed by atoms with Gasteiger partial charge in [-0.15, -0.1) is 11.8 Å². The van der Waals surface area contributed by atoms with E-state index in [9.17, 15) is 10.1 Å². The fraction of sp³-hybridized carbons (Fsp3) is 0.400. The van der Waals surface area contributed by atoms with Gasteiger partial charge in [-0.25, -0.2) is 0 Å². The van der Waals surface area contributed by atoms with Crippen LogP contribution in [0.1, 0.15) is 6.92 Å². The number of nitro benzene ring substituents is 1. The van der Waals surface area contributed by atoms with Crippen molar-refractivity contribution in [1.82, 2.24) is 4.90 Å². The van der Waals surface area contributed by atoms with E-state index < -0.39 is 4.92 Å². The molecule has 94 valence electrons. The van der Waals surface area contributed by atoms with Gasteiger partial charge in [0.1, 0.15) is 5.69 Å². The highest BCUT2D eigenvalue weighted by Gasteiger charge is 2.17. The summed E-state index contributed by atoms with van der Waals surface area (Å²) >= 11 is 1.51. The first kappa shape index (κ1) is 13.6. The summed E-state index contributed by atoms with van der Waals surface area (Å²) < 4.78 is 0. The first-order valence-electron chi connectivity index (χ1n) is 4.99. The molecular formula is C10H16N4O2S. The van der Waals surface area contributed by atoms with Crippen LogP contribution >= 0.6 is 11.8 Å². The third-order valence-corrected chi connectivity index (χ3v) is 3.75. The zero-order valence-electron chi connectivity index (χ0n) is 10.0. The number of thioether (sulfide) groups is 1. The molecule has 1 unspecified atom stereocenters. The maximum Gasteiger partial charge on any atom is 0.294 e. The number of rotatable bonds is 4. The fourth-order valence-corrected chi connectivity index (χ4v) is 2.12. The highest BCUT2D eigenvalue weighted by atomic mass is 32.2. The zero-order chi connectivity index (χ0) is 13.2. The molecule has 4 N–H and O–H groups in total. The smallest absolute Gasteiger partial charge is 0.294 e. The predicted molar refractivity (Wildman–Crippen MR) is 70.9 cm³/mol. The van der Waals surface area contributed by atoms with Crippen LogP contribution in [0.4, 0.5) is 17.1 Å². The van der Waals surface area contributed by atoms with Crippen molar-refractivity contribution in [1.29, 1.82) is 0 Å². The van der Waals surface area contributed by atoms with Gasteiger partial charge in [0.15, 0.2) is 0 Å². The molecule has 6 nitrogen and oxygen atoms in total. The van der Waals surface area contributed by atoms with Crippen LogP contribution in [0, 0.1) is 10.1 Å². The maximum absolute atomic E-state index is 10.7. The molecule has 0 bridgehead atoms. The third-order valence-electron chi connectivity index (χ3n) is 2.38. The van der Waals surface area contributed by atoms with Crippen molar-refractivity contribution in [3.8, 4) is 0 Å². The molecule has 0 saturated heterocycles. The van der Waals surface area contributed by atoms with Crippen LogP contribution < -0.4 is 11.5 Å². The second kappa shape index (κ2) is 5.24. The molecule has 7 heteroatoms. The Kier molecular flexibility index (Phi) is 4.19. The zero-order valence-corrected chi connectivity index (χ0v) is 10.8. The van der Waals surface area contributed by atoms with E-state index in [0.29, 0.717) is 5.69 Å². The van der Waals surface area contributed by atoms with Gasteiger partial charge in [-0.1, -0.05) is 0 Å². The normalized spacial score (nSPS) is 12.7. The number of nitro groups is 1. The minimum atomic E-state index is -0.532. The highest BCUT2D eigenvalue weighted by Crippen LogP contribution is 2.35. The Morgan fingerprint density at radius 3 is 2.41 bits per heavy atom. The molecule has 0 spiro atoms. The van der Waals surface area contributed by atoms with Crippen molar-refractivity contribution in [2.75, 3.05) is 25.6 Å². The Morgan fingerprint density at radius 1 is 1.35 bits per heavy atom. The van der Waals surface area contributed by atoms with Crippen LogP contribution in [0.25, 0.3) is 0 Å². The number of hydrogen-bond donors (Lipinski definition) is 2. The van der Waals surface area contributed by atoms with Gasteiger partial charge in [-0.3, -0.25) is 15.0 Å². The summed E-state index contributed by atoms with van der Waals surface area (Å²) in [6.45, 7) is 2.02. The summed E-state index contributed by atoms with van der Waals surface area (Å²) in [6.07, 6.45) is 0. The summed E-state index contributed by atoms with van der Waals surface area (Å²) in [6, 6.07) is 2.86. The summed E-state index contributed by atoms with van der Waals surface area (Å²) in [5.41, 5.74) is 11.8. The van der Waals surface area contributed by atoms with Crippen LogP contribution in [0.15, 0.2) is 17.0 Å². The number of nitrogen functional groups attached to an aromatic ring is 2. The molecule has 1 rings (SSSR count). The van der Waals surface area contributed by atoms with E-state index in [1.807, 2.05) is 25.9 Å². The third kappa shape index (κ3) is 3.24. The Balaban J connectivity index is 3.03. The van der Waals surface area contributed by atoms with E-state index >= 15 is 0 Å². The lowest BCUT2D eigenvalue weighted by atomic mass is 10.2. The van der Waals surface area contributed by atoms with Gasteiger partial charge in [-0.2, -0.15) is 0 Å². The van der Waals surface area contributed by atoms with Crippen molar-refractivity contribution in [3.05, 3.63) is 22.2 Å². The average Bonchev–Trinajstić information content (AvgIpc) is 2.22. The summed E-state index contributed by atoms with van der Waals surface area (Å²) in [7, 11) is 3.89. The lowest BCUT2D eigenvalue weighted by Gasteiger charge is -2.19. The van der Waals surface area contributed by atoms with Gasteiger partial charge >= 0.3 is 0 Å². The molecule has 0 fully saturated rings. The van der Waals surface area contributed by atoms with Crippen LogP contribution in [0.3, 0.4) is 0 Å². The molecule has 0 heterocycles. The first-order valence-corrected chi connectivity index (χ1v) is 5.87. The number of benzene rings is 1. The van der Waals surface area contributed by atoms with Crippen LogP contribution in [-0.2, 0) is 0 Å². The van der Waals surface area contributed by atoms with Crippen LogP contribution in [-0.4, -0.2) is 29.3 Å². The summed E-state index contributed by atoms with van der Waals surface area (Å²) in [4.78, 5) is 12.9. The maximum atomic E-state index is 10.7. The molecular weight excluding hydrogens is 240 g/mol. The first-order chi connectivity index (χ1) is 7.82. The quantitative estimate of drug-likeness (QED) is 0.280. The van der Waals surface area contributed by atoms with Gasteiger partial charge in [-0.05, 0) is 27.1 Å². The topological polar surface area (TPSA) is 98.4 Å². The Bertz CT molecular complexity index is 437. The summed E-state index contributed by atoms with van der Waals surface area (Å²) in [5, 5.41) is 10.9. The molecule has 0 aliphatic rings. The van der Waals surface area contributed by atoms with Gasteiger partial charge in [0.05, 0.1) is 16.0 Å². The van der Waals surface area contributed by atoms with Crippen LogP contribution in [0.2, 0.25) is 0 Å².